The average molecular weight is 278 g/mol. The summed E-state index contributed by atoms with van der Waals surface area (Å²) in [4.78, 5) is 2.42. The van der Waals surface area contributed by atoms with Gasteiger partial charge in [0, 0.05) is 26.2 Å². The molecule has 0 radical (unpaired) electrons. The standard InChI is InChI=1S/C16H26N2O2/c1-3-19-11-12-20-16-6-5-14(2)13-15(16)18-9-4-7-17-8-10-18/h5-6,13,17H,3-4,7-12H2,1-2H3. The highest BCUT2D eigenvalue weighted by molar-refractivity contribution is 5.60. The third-order valence-corrected chi connectivity index (χ3v) is 3.48. The first-order valence-electron chi connectivity index (χ1n) is 7.58. The van der Waals surface area contributed by atoms with E-state index in [9.17, 15) is 0 Å². The molecule has 1 aliphatic heterocycles. The summed E-state index contributed by atoms with van der Waals surface area (Å²) < 4.78 is 11.2. The maximum Gasteiger partial charge on any atom is 0.142 e. The van der Waals surface area contributed by atoms with E-state index in [1.807, 2.05) is 6.92 Å². The molecule has 0 unspecified atom stereocenters. The Morgan fingerprint density at radius 3 is 2.95 bits per heavy atom. The number of hydrogen-bond acceptors (Lipinski definition) is 4. The first-order valence-corrected chi connectivity index (χ1v) is 7.58. The molecular weight excluding hydrogens is 252 g/mol. The van der Waals surface area contributed by atoms with Crippen LogP contribution in [0.2, 0.25) is 0 Å². The average Bonchev–Trinajstić information content (AvgIpc) is 2.74. The van der Waals surface area contributed by atoms with E-state index in [2.05, 4.69) is 35.3 Å². The third-order valence-electron chi connectivity index (χ3n) is 3.48. The topological polar surface area (TPSA) is 33.7 Å². The zero-order valence-corrected chi connectivity index (χ0v) is 12.7. The molecule has 112 valence electrons. The van der Waals surface area contributed by atoms with E-state index >= 15 is 0 Å². The van der Waals surface area contributed by atoms with Gasteiger partial charge in [0.2, 0.25) is 0 Å². The molecule has 1 fully saturated rings. The fourth-order valence-electron chi connectivity index (χ4n) is 2.44. The Morgan fingerprint density at radius 2 is 2.10 bits per heavy atom. The summed E-state index contributed by atoms with van der Waals surface area (Å²) in [5.74, 6) is 0.970. The van der Waals surface area contributed by atoms with Crippen molar-refractivity contribution in [2.45, 2.75) is 20.3 Å². The highest BCUT2D eigenvalue weighted by Crippen LogP contribution is 2.30. The minimum absolute atomic E-state index is 0.607. The van der Waals surface area contributed by atoms with Crippen LogP contribution >= 0.6 is 0 Å². The van der Waals surface area contributed by atoms with Crippen molar-refractivity contribution in [3.05, 3.63) is 23.8 Å². The highest BCUT2D eigenvalue weighted by Gasteiger charge is 2.14. The van der Waals surface area contributed by atoms with Crippen LogP contribution in [-0.4, -0.2) is 46.0 Å². The van der Waals surface area contributed by atoms with Gasteiger partial charge in [0.05, 0.1) is 12.3 Å². The monoisotopic (exact) mass is 278 g/mol. The molecule has 1 aromatic rings. The summed E-state index contributed by atoms with van der Waals surface area (Å²) in [5.41, 5.74) is 2.49. The van der Waals surface area contributed by atoms with Gasteiger partial charge in [-0.1, -0.05) is 6.07 Å². The van der Waals surface area contributed by atoms with E-state index in [0.29, 0.717) is 13.2 Å². The summed E-state index contributed by atoms with van der Waals surface area (Å²) in [6, 6.07) is 6.41. The number of hydrogen-bond donors (Lipinski definition) is 1. The van der Waals surface area contributed by atoms with Crippen LogP contribution in [0.3, 0.4) is 0 Å². The van der Waals surface area contributed by atoms with Crippen molar-refractivity contribution in [1.82, 2.24) is 5.32 Å². The van der Waals surface area contributed by atoms with Gasteiger partial charge in [0.25, 0.3) is 0 Å². The minimum Gasteiger partial charge on any atom is -0.489 e. The zero-order valence-electron chi connectivity index (χ0n) is 12.7. The summed E-state index contributed by atoms with van der Waals surface area (Å²) in [7, 11) is 0. The van der Waals surface area contributed by atoms with Crippen molar-refractivity contribution in [1.29, 1.82) is 0 Å². The van der Waals surface area contributed by atoms with E-state index in [1.165, 1.54) is 17.7 Å². The molecule has 20 heavy (non-hydrogen) atoms. The lowest BCUT2D eigenvalue weighted by atomic mass is 10.2. The molecule has 1 N–H and O–H groups in total. The number of ether oxygens (including phenoxy) is 2. The Morgan fingerprint density at radius 1 is 1.20 bits per heavy atom. The van der Waals surface area contributed by atoms with Gasteiger partial charge in [-0.3, -0.25) is 0 Å². The predicted octanol–water partition coefficient (Wildman–Crippen LogP) is 2.21. The summed E-state index contributed by atoms with van der Waals surface area (Å²) >= 11 is 0. The lowest BCUT2D eigenvalue weighted by molar-refractivity contribution is 0.110. The molecule has 0 atom stereocenters. The molecule has 1 heterocycles. The lowest BCUT2D eigenvalue weighted by Crippen LogP contribution is -2.28. The summed E-state index contributed by atoms with van der Waals surface area (Å²) in [6.45, 7) is 10.4. The number of rotatable bonds is 6. The Labute approximate surface area is 122 Å². The van der Waals surface area contributed by atoms with E-state index in [-0.39, 0.29) is 0 Å². The van der Waals surface area contributed by atoms with Crippen LogP contribution in [0.5, 0.6) is 5.75 Å². The molecule has 2 rings (SSSR count). The van der Waals surface area contributed by atoms with Gasteiger partial charge < -0.3 is 19.7 Å². The number of nitrogens with zero attached hydrogens (tertiary/aromatic N) is 1. The first-order chi connectivity index (χ1) is 9.81. The van der Waals surface area contributed by atoms with Gasteiger partial charge >= 0.3 is 0 Å². The lowest BCUT2D eigenvalue weighted by Gasteiger charge is -2.25. The van der Waals surface area contributed by atoms with Gasteiger partial charge in [-0.15, -0.1) is 0 Å². The SMILES string of the molecule is CCOCCOc1ccc(C)cc1N1CCCNCC1. The molecule has 0 spiro atoms. The Kier molecular flexibility index (Phi) is 6.15. The van der Waals surface area contributed by atoms with Crippen LogP contribution in [0.15, 0.2) is 18.2 Å². The van der Waals surface area contributed by atoms with Gasteiger partial charge in [-0.2, -0.15) is 0 Å². The second kappa shape index (κ2) is 8.12. The van der Waals surface area contributed by atoms with Crippen LogP contribution in [0.4, 0.5) is 5.69 Å². The minimum atomic E-state index is 0.607. The van der Waals surface area contributed by atoms with Crippen LogP contribution < -0.4 is 15.0 Å². The fourth-order valence-corrected chi connectivity index (χ4v) is 2.44. The zero-order chi connectivity index (χ0) is 14.2. The van der Waals surface area contributed by atoms with E-state index in [0.717, 1.165) is 38.5 Å². The van der Waals surface area contributed by atoms with E-state index in [4.69, 9.17) is 9.47 Å². The molecule has 1 aromatic carbocycles. The maximum absolute atomic E-state index is 5.90. The van der Waals surface area contributed by atoms with Crippen LogP contribution in [0.25, 0.3) is 0 Å². The van der Waals surface area contributed by atoms with Crippen molar-refractivity contribution < 1.29 is 9.47 Å². The quantitative estimate of drug-likeness (QED) is 0.809. The molecule has 0 bridgehead atoms. The second-order valence-electron chi connectivity index (χ2n) is 5.11. The smallest absolute Gasteiger partial charge is 0.142 e. The van der Waals surface area contributed by atoms with Gasteiger partial charge in [-0.25, -0.2) is 0 Å². The second-order valence-corrected chi connectivity index (χ2v) is 5.11. The fraction of sp³-hybridized carbons (Fsp3) is 0.625. The predicted molar refractivity (Wildman–Crippen MR) is 82.9 cm³/mol. The number of benzene rings is 1. The van der Waals surface area contributed by atoms with Crippen LogP contribution in [0, 0.1) is 6.92 Å². The van der Waals surface area contributed by atoms with Gasteiger partial charge in [-0.05, 0) is 44.5 Å². The van der Waals surface area contributed by atoms with E-state index < -0.39 is 0 Å². The molecule has 1 aliphatic rings. The Bertz CT molecular complexity index is 401. The molecule has 4 heteroatoms. The van der Waals surface area contributed by atoms with Crippen molar-refractivity contribution in [2.75, 3.05) is 50.9 Å². The molecule has 4 nitrogen and oxygen atoms in total. The maximum atomic E-state index is 5.90. The molecule has 0 saturated carbocycles. The molecule has 0 aromatic heterocycles. The van der Waals surface area contributed by atoms with Crippen LogP contribution in [-0.2, 0) is 4.74 Å². The van der Waals surface area contributed by atoms with Crippen molar-refractivity contribution in [3.63, 3.8) is 0 Å². The van der Waals surface area contributed by atoms with Gasteiger partial charge in [0.1, 0.15) is 12.4 Å². The number of aryl methyl sites for hydroxylation is 1. The van der Waals surface area contributed by atoms with Crippen molar-refractivity contribution in [2.24, 2.45) is 0 Å². The number of anilines is 1. The van der Waals surface area contributed by atoms with Gasteiger partial charge in [0.15, 0.2) is 0 Å². The normalized spacial score (nSPS) is 16.0. The number of nitrogens with one attached hydrogen (secondary N) is 1. The van der Waals surface area contributed by atoms with E-state index in [1.54, 1.807) is 0 Å². The first kappa shape index (κ1) is 15.1. The summed E-state index contributed by atoms with van der Waals surface area (Å²) in [5, 5.41) is 3.44. The van der Waals surface area contributed by atoms with Crippen LogP contribution in [0.1, 0.15) is 18.9 Å². The molecule has 0 amide bonds. The Balaban J connectivity index is 2.06. The molecule has 0 aliphatic carbocycles. The highest BCUT2D eigenvalue weighted by atomic mass is 16.5. The molecular formula is C16H26N2O2. The summed E-state index contributed by atoms with van der Waals surface area (Å²) in [6.07, 6.45) is 1.17. The van der Waals surface area contributed by atoms with Crippen molar-refractivity contribution in [3.8, 4) is 5.75 Å². The Hall–Kier alpha value is -1.26. The molecule has 1 saturated heterocycles. The van der Waals surface area contributed by atoms with Crippen molar-refractivity contribution >= 4 is 5.69 Å². The largest absolute Gasteiger partial charge is 0.489 e. The third kappa shape index (κ3) is 4.39.